The van der Waals surface area contributed by atoms with Crippen LogP contribution in [0.5, 0.6) is 0 Å². The number of aromatic nitrogens is 1. The molecule has 0 atom stereocenters. The number of hydrogen-bond donors (Lipinski definition) is 1. The van der Waals surface area contributed by atoms with E-state index in [-0.39, 0.29) is 25.3 Å². The first kappa shape index (κ1) is 19.4. The van der Waals surface area contributed by atoms with Crippen molar-refractivity contribution in [3.63, 3.8) is 0 Å². The van der Waals surface area contributed by atoms with Gasteiger partial charge in [-0.1, -0.05) is 18.2 Å². The Hall–Kier alpha value is -2.34. The summed E-state index contributed by atoms with van der Waals surface area (Å²) in [6.45, 7) is 2.85. The minimum Gasteiger partial charge on any atom is -0.338 e. The first-order valence-electron chi connectivity index (χ1n) is 9.24. The summed E-state index contributed by atoms with van der Waals surface area (Å²) < 4.78 is 27.8. The highest BCUT2D eigenvalue weighted by molar-refractivity contribution is 5.94. The van der Waals surface area contributed by atoms with E-state index in [1.807, 2.05) is 19.1 Å². The SMILES string of the molecule is Cc1ccc(CNCC2(F)CCN(C(=O)c3cccc(CF)c3)CC2)nc1. The molecule has 144 valence electrons. The van der Waals surface area contributed by atoms with Crippen molar-refractivity contribution in [3.05, 3.63) is 65.0 Å². The number of benzene rings is 1. The Morgan fingerprint density at radius 3 is 2.70 bits per heavy atom. The molecule has 4 nitrogen and oxygen atoms in total. The highest BCUT2D eigenvalue weighted by Crippen LogP contribution is 2.27. The summed E-state index contributed by atoms with van der Waals surface area (Å²) in [5.74, 6) is -0.163. The lowest BCUT2D eigenvalue weighted by Gasteiger charge is -2.36. The molecule has 3 rings (SSSR count). The number of rotatable bonds is 6. The van der Waals surface area contributed by atoms with Crippen molar-refractivity contribution in [1.29, 1.82) is 0 Å². The standard InChI is InChI=1S/C21H25F2N3O/c1-16-5-6-19(25-13-16)14-24-15-21(23)7-9-26(10-8-21)20(27)18-4-2-3-17(11-18)12-22/h2-6,11,13,24H,7-10,12,14-15H2,1H3. The lowest BCUT2D eigenvalue weighted by Crippen LogP contribution is -2.48. The van der Waals surface area contributed by atoms with Gasteiger partial charge in [0.15, 0.2) is 0 Å². The third-order valence-electron chi connectivity index (χ3n) is 5.00. The highest BCUT2D eigenvalue weighted by Gasteiger charge is 2.35. The van der Waals surface area contributed by atoms with Gasteiger partial charge < -0.3 is 10.2 Å². The second-order valence-corrected chi connectivity index (χ2v) is 7.21. The van der Waals surface area contributed by atoms with Crippen LogP contribution in [0.2, 0.25) is 0 Å². The van der Waals surface area contributed by atoms with Gasteiger partial charge >= 0.3 is 0 Å². The normalized spacial score (nSPS) is 16.3. The van der Waals surface area contributed by atoms with E-state index in [2.05, 4.69) is 10.3 Å². The Balaban J connectivity index is 1.49. The Kier molecular flexibility index (Phi) is 6.16. The number of aryl methyl sites for hydroxylation is 1. The smallest absolute Gasteiger partial charge is 0.253 e. The summed E-state index contributed by atoms with van der Waals surface area (Å²) in [5.41, 5.74) is 1.58. The maximum absolute atomic E-state index is 15.0. The van der Waals surface area contributed by atoms with Gasteiger partial charge in [-0.3, -0.25) is 9.78 Å². The fraction of sp³-hybridized carbons (Fsp3) is 0.429. The zero-order valence-electron chi connectivity index (χ0n) is 15.5. The fourth-order valence-corrected chi connectivity index (χ4v) is 3.27. The van der Waals surface area contributed by atoms with Crippen LogP contribution in [0.4, 0.5) is 8.78 Å². The van der Waals surface area contributed by atoms with Crippen molar-refractivity contribution < 1.29 is 13.6 Å². The molecule has 1 aromatic carbocycles. The highest BCUT2D eigenvalue weighted by atomic mass is 19.1. The average Bonchev–Trinajstić information content (AvgIpc) is 2.69. The van der Waals surface area contributed by atoms with Gasteiger partial charge in [-0.15, -0.1) is 0 Å². The quantitative estimate of drug-likeness (QED) is 0.842. The minimum absolute atomic E-state index is 0.163. The lowest BCUT2D eigenvalue weighted by atomic mass is 9.92. The molecule has 0 bridgehead atoms. The largest absolute Gasteiger partial charge is 0.338 e. The van der Waals surface area contributed by atoms with E-state index >= 15 is 4.39 Å². The molecule has 0 saturated carbocycles. The Labute approximate surface area is 158 Å². The van der Waals surface area contributed by atoms with Gasteiger partial charge in [0.2, 0.25) is 0 Å². The number of alkyl halides is 2. The van der Waals surface area contributed by atoms with Crippen LogP contribution in [0.15, 0.2) is 42.6 Å². The van der Waals surface area contributed by atoms with Gasteiger partial charge in [-0.2, -0.15) is 0 Å². The Morgan fingerprint density at radius 2 is 2.04 bits per heavy atom. The van der Waals surface area contributed by atoms with Crippen LogP contribution in [0.3, 0.4) is 0 Å². The average molecular weight is 373 g/mol. The molecule has 0 spiro atoms. The van der Waals surface area contributed by atoms with Gasteiger partial charge in [0.25, 0.3) is 5.91 Å². The monoisotopic (exact) mass is 373 g/mol. The van der Waals surface area contributed by atoms with Crippen LogP contribution in [-0.2, 0) is 13.2 Å². The summed E-state index contributed by atoms with van der Waals surface area (Å²) in [4.78, 5) is 18.5. The number of pyridine rings is 1. The van der Waals surface area contributed by atoms with E-state index in [9.17, 15) is 9.18 Å². The van der Waals surface area contributed by atoms with E-state index < -0.39 is 12.3 Å². The number of amides is 1. The van der Waals surface area contributed by atoms with Crippen molar-refractivity contribution >= 4 is 5.91 Å². The van der Waals surface area contributed by atoms with E-state index in [4.69, 9.17) is 0 Å². The van der Waals surface area contributed by atoms with Gasteiger partial charge in [-0.05, 0) is 36.2 Å². The number of piperidine rings is 1. The molecular weight excluding hydrogens is 348 g/mol. The van der Waals surface area contributed by atoms with E-state index in [1.165, 1.54) is 0 Å². The molecule has 1 fully saturated rings. The van der Waals surface area contributed by atoms with E-state index in [1.54, 1.807) is 35.4 Å². The predicted octanol–water partition coefficient (Wildman–Crippen LogP) is 3.59. The second kappa shape index (κ2) is 8.57. The van der Waals surface area contributed by atoms with Gasteiger partial charge in [0, 0.05) is 50.8 Å². The fourth-order valence-electron chi connectivity index (χ4n) is 3.27. The zero-order valence-corrected chi connectivity index (χ0v) is 15.5. The molecule has 27 heavy (non-hydrogen) atoms. The van der Waals surface area contributed by atoms with Crippen LogP contribution in [0.25, 0.3) is 0 Å². The molecule has 1 aromatic heterocycles. The van der Waals surface area contributed by atoms with Crippen LogP contribution in [0.1, 0.15) is 40.0 Å². The number of carbonyl (C=O) groups is 1. The Bertz CT molecular complexity index is 771. The summed E-state index contributed by atoms with van der Waals surface area (Å²) in [6, 6.07) is 10.5. The molecule has 1 aliphatic heterocycles. The summed E-state index contributed by atoms with van der Waals surface area (Å²) in [7, 11) is 0. The Morgan fingerprint density at radius 1 is 1.26 bits per heavy atom. The van der Waals surface area contributed by atoms with E-state index in [0.717, 1.165) is 11.3 Å². The van der Waals surface area contributed by atoms with Crippen LogP contribution in [0, 0.1) is 6.92 Å². The van der Waals surface area contributed by atoms with Crippen LogP contribution < -0.4 is 5.32 Å². The zero-order chi connectivity index (χ0) is 19.3. The molecule has 0 aliphatic carbocycles. The number of hydrogen-bond acceptors (Lipinski definition) is 3. The molecule has 2 heterocycles. The summed E-state index contributed by atoms with van der Waals surface area (Å²) >= 11 is 0. The van der Waals surface area contributed by atoms with Gasteiger partial charge in [0.05, 0.1) is 5.69 Å². The number of carbonyl (C=O) groups excluding carboxylic acids is 1. The second-order valence-electron chi connectivity index (χ2n) is 7.21. The van der Waals surface area contributed by atoms with E-state index in [0.29, 0.717) is 30.8 Å². The van der Waals surface area contributed by atoms with Crippen molar-refractivity contribution in [2.75, 3.05) is 19.6 Å². The molecule has 0 unspecified atom stereocenters. The molecule has 1 saturated heterocycles. The summed E-state index contributed by atoms with van der Waals surface area (Å²) in [6.07, 6.45) is 2.37. The molecule has 2 aromatic rings. The number of nitrogens with zero attached hydrogens (tertiary/aromatic N) is 2. The third kappa shape index (κ3) is 5.10. The van der Waals surface area contributed by atoms with Crippen molar-refractivity contribution in [2.24, 2.45) is 0 Å². The number of likely N-dealkylation sites (tertiary alicyclic amines) is 1. The van der Waals surface area contributed by atoms with Gasteiger partial charge in [-0.25, -0.2) is 8.78 Å². The predicted molar refractivity (Wildman–Crippen MR) is 101 cm³/mol. The third-order valence-corrected chi connectivity index (χ3v) is 5.00. The summed E-state index contributed by atoms with van der Waals surface area (Å²) in [5, 5.41) is 3.14. The van der Waals surface area contributed by atoms with Crippen molar-refractivity contribution in [2.45, 2.75) is 38.7 Å². The van der Waals surface area contributed by atoms with Crippen molar-refractivity contribution in [1.82, 2.24) is 15.2 Å². The maximum Gasteiger partial charge on any atom is 0.253 e. The van der Waals surface area contributed by atoms with Crippen LogP contribution >= 0.6 is 0 Å². The molecule has 0 radical (unpaired) electrons. The molecule has 1 amide bonds. The molecular formula is C21H25F2N3O. The minimum atomic E-state index is -1.33. The molecule has 6 heteroatoms. The van der Waals surface area contributed by atoms with Crippen molar-refractivity contribution in [3.8, 4) is 0 Å². The molecule has 1 aliphatic rings. The number of nitrogens with one attached hydrogen (secondary N) is 1. The first-order chi connectivity index (χ1) is 13.0. The number of halogens is 2. The molecule has 1 N–H and O–H groups in total. The first-order valence-corrected chi connectivity index (χ1v) is 9.24. The van der Waals surface area contributed by atoms with Crippen LogP contribution in [-0.4, -0.2) is 41.1 Å². The maximum atomic E-state index is 15.0. The topological polar surface area (TPSA) is 45.2 Å². The van der Waals surface area contributed by atoms with Gasteiger partial charge in [0.1, 0.15) is 12.3 Å². The lowest BCUT2D eigenvalue weighted by molar-refractivity contribution is 0.0434.